The third-order valence-electron chi connectivity index (χ3n) is 3.11. The fourth-order valence-electron chi connectivity index (χ4n) is 2.01. The first kappa shape index (κ1) is 16.5. The highest BCUT2D eigenvalue weighted by atomic mass is 35.5. The van der Waals surface area contributed by atoms with Gasteiger partial charge in [0.25, 0.3) is 0 Å². The van der Waals surface area contributed by atoms with Gasteiger partial charge in [-0.25, -0.2) is 4.39 Å². The normalized spacial score (nSPS) is 10.5. The number of carbonyl (C=O) groups is 1. The van der Waals surface area contributed by atoms with E-state index in [1.807, 2.05) is 0 Å². The van der Waals surface area contributed by atoms with Crippen molar-refractivity contribution in [2.45, 2.75) is 6.92 Å². The average molecular weight is 363 g/mol. The van der Waals surface area contributed by atoms with Gasteiger partial charge in [-0.05, 0) is 49.4 Å². The quantitative estimate of drug-likeness (QED) is 0.497. The van der Waals surface area contributed by atoms with E-state index >= 15 is 0 Å². The number of hydrogen-bond acceptors (Lipinski definition) is 4. The maximum absolute atomic E-state index is 12.9. The van der Waals surface area contributed by atoms with Crippen LogP contribution < -0.4 is 9.47 Å². The fraction of sp³-hybridized carbons (Fsp3) is 0.0556. The Morgan fingerprint density at radius 3 is 2.33 bits per heavy atom. The molecule has 0 bridgehead atoms. The second kappa shape index (κ2) is 7.03. The lowest BCUT2D eigenvalue weighted by Crippen LogP contribution is -1.93. The van der Waals surface area contributed by atoms with Gasteiger partial charge >= 0.3 is 0 Å². The van der Waals surface area contributed by atoms with Crippen LogP contribution in [0.15, 0.2) is 54.6 Å². The van der Waals surface area contributed by atoms with Crippen molar-refractivity contribution in [3.05, 3.63) is 70.3 Å². The minimum Gasteiger partial charge on any atom is -0.457 e. The summed E-state index contributed by atoms with van der Waals surface area (Å²) in [6.45, 7) is 1.46. The highest BCUT2D eigenvalue weighted by Crippen LogP contribution is 2.38. The Morgan fingerprint density at radius 1 is 1.00 bits per heavy atom. The summed E-state index contributed by atoms with van der Waals surface area (Å²) >= 11 is 7.15. The number of Topliss-reactive ketones (excluding diaryl/α,β-unsaturated/α-hetero) is 1. The summed E-state index contributed by atoms with van der Waals surface area (Å²) in [7, 11) is 0. The van der Waals surface area contributed by atoms with E-state index < -0.39 is 0 Å². The molecule has 24 heavy (non-hydrogen) atoms. The van der Waals surface area contributed by atoms with Crippen molar-refractivity contribution in [1.82, 2.24) is 0 Å². The van der Waals surface area contributed by atoms with Crippen LogP contribution in [0.25, 0.3) is 0 Å². The highest BCUT2D eigenvalue weighted by Gasteiger charge is 2.14. The van der Waals surface area contributed by atoms with Crippen molar-refractivity contribution < 1.29 is 18.7 Å². The van der Waals surface area contributed by atoms with Gasteiger partial charge in [0, 0.05) is 6.07 Å². The number of halogens is 2. The Kier molecular flexibility index (Phi) is 4.83. The van der Waals surface area contributed by atoms with E-state index in [-0.39, 0.29) is 11.6 Å². The van der Waals surface area contributed by atoms with Crippen LogP contribution in [0.5, 0.6) is 22.3 Å². The molecule has 0 aliphatic carbocycles. The van der Waals surface area contributed by atoms with Crippen molar-refractivity contribution >= 4 is 28.7 Å². The van der Waals surface area contributed by atoms with Crippen molar-refractivity contribution in [3.63, 3.8) is 0 Å². The summed E-state index contributed by atoms with van der Waals surface area (Å²) in [6.07, 6.45) is 0. The smallest absolute Gasteiger partial charge is 0.193 e. The van der Waals surface area contributed by atoms with E-state index in [9.17, 15) is 9.18 Å². The Morgan fingerprint density at radius 2 is 1.67 bits per heavy atom. The van der Waals surface area contributed by atoms with Crippen LogP contribution in [-0.2, 0) is 0 Å². The Labute approximate surface area is 147 Å². The molecule has 0 spiro atoms. The summed E-state index contributed by atoms with van der Waals surface area (Å²) in [5.74, 6) is 1.11. The van der Waals surface area contributed by atoms with Gasteiger partial charge in [-0.2, -0.15) is 0 Å². The van der Waals surface area contributed by atoms with Crippen LogP contribution >= 0.6 is 22.9 Å². The van der Waals surface area contributed by atoms with Gasteiger partial charge in [0.2, 0.25) is 0 Å². The molecule has 0 aliphatic rings. The van der Waals surface area contributed by atoms with Crippen molar-refractivity contribution in [1.29, 1.82) is 0 Å². The monoisotopic (exact) mass is 362 g/mol. The number of benzene rings is 2. The van der Waals surface area contributed by atoms with Crippen molar-refractivity contribution in [3.8, 4) is 22.3 Å². The maximum atomic E-state index is 12.9. The van der Waals surface area contributed by atoms with Crippen LogP contribution in [0, 0.1) is 5.82 Å². The zero-order chi connectivity index (χ0) is 17.1. The topological polar surface area (TPSA) is 35.5 Å². The van der Waals surface area contributed by atoms with E-state index in [1.165, 1.54) is 42.5 Å². The van der Waals surface area contributed by atoms with Gasteiger partial charge in [-0.1, -0.05) is 29.0 Å². The molecular weight excluding hydrogens is 351 g/mol. The first-order valence-corrected chi connectivity index (χ1v) is 8.22. The van der Waals surface area contributed by atoms with E-state index in [1.54, 1.807) is 30.3 Å². The van der Waals surface area contributed by atoms with Gasteiger partial charge in [0.05, 0.1) is 9.90 Å². The first-order chi connectivity index (χ1) is 11.5. The van der Waals surface area contributed by atoms with Gasteiger partial charge < -0.3 is 9.47 Å². The third-order valence-corrected chi connectivity index (χ3v) is 4.25. The Balaban J connectivity index is 1.80. The number of rotatable bonds is 5. The molecule has 0 aliphatic heterocycles. The van der Waals surface area contributed by atoms with E-state index in [0.717, 1.165) is 0 Å². The largest absolute Gasteiger partial charge is 0.457 e. The zero-order valence-electron chi connectivity index (χ0n) is 12.6. The van der Waals surface area contributed by atoms with Gasteiger partial charge in [0.15, 0.2) is 10.8 Å². The molecule has 3 rings (SSSR count). The highest BCUT2D eigenvalue weighted by molar-refractivity contribution is 7.18. The molecule has 0 unspecified atom stereocenters. The molecule has 0 radical (unpaired) electrons. The predicted octanol–water partition coefficient (Wildman–Crippen LogP) is 6.33. The molecular formula is C18H12ClFO3S. The number of thiophene rings is 1. The number of hydrogen-bond donors (Lipinski definition) is 0. The molecule has 1 aromatic heterocycles. The van der Waals surface area contributed by atoms with Crippen LogP contribution in [0.2, 0.25) is 4.34 Å². The number of ketones is 1. The van der Waals surface area contributed by atoms with E-state index in [0.29, 0.717) is 32.2 Å². The summed E-state index contributed by atoms with van der Waals surface area (Å²) in [4.78, 5) is 11.6. The molecule has 6 heteroatoms. The summed E-state index contributed by atoms with van der Waals surface area (Å²) in [6, 6.07) is 14.2. The molecule has 3 aromatic rings. The molecule has 1 heterocycles. The fourth-order valence-corrected chi connectivity index (χ4v) is 3.14. The molecule has 0 atom stereocenters. The zero-order valence-corrected chi connectivity index (χ0v) is 14.2. The van der Waals surface area contributed by atoms with Crippen LogP contribution in [-0.4, -0.2) is 5.78 Å². The van der Waals surface area contributed by atoms with Crippen molar-refractivity contribution in [2.24, 2.45) is 0 Å². The van der Waals surface area contributed by atoms with E-state index in [2.05, 4.69) is 0 Å². The average Bonchev–Trinajstić information content (AvgIpc) is 2.91. The van der Waals surface area contributed by atoms with Crippen LogP contribution in [0.1, 0.15) is 17.3 Å². The maximum Gasteiger partial charge on any atom is 0.193 e. The van der Waals surface area contributed by atoms with Gasteiger partial charge in [-0.15, -0.1) is 0 Å². The van der Waals surface area contributed by atoms with Crippen LogP contribution in [0.3, 0.4) is 0 Å². The summed E-state index contributed by atoms with van der Waals surface area (Å²) in [5.41, 5.74) is 0.440. The summed E-state index contributed by atoms with van der Waals surface area (Å²) in [5, 5.41) is 0.437. The Bertz CT molecular complexity index is 874. The number of carbonyl (C=O) groups excluding carboxylic acids is 1. The predicted molar refractivity (Wildman–Crippen MR) is 92.3 cm³/mol. The third kappa shape index (κ3) is 3.93. The lowest BCUT2D eigenvalue weighted by Gasteiger charge is -2.09. The molecule has 0 saturated heterocycles. The Hall–Kier alpha value is -2.37. The van der Waals surface area contributed by atoms with Gasteiger partial charge in [0.1, 0.15) is 23.1 Å². The minimum atomic E-state index is -0.328. The minimum absolute atomic E-state index is 0.119. The summed E-state index contributed by atoms with van der Waals surface area (Å²) < 4.78 is 24.8. The standard InChI is InChI=1S/C18H12ClFO3S/c1-11(21)16-10-17(19)24-18(16)23-15-4-2-3-14(9-15)22-13-7-5-12(20)6-8-13/h2-10H,1H3. The molecule has 122 valence electrons. The lowest BCUT2D eigenvalue weighted by molar-refractivity contribution is 0.101. The van der Waals surface area contributed by atoms with Crippen molar-refractivity contribution in [2.75, 3.05) is 0 Å². The molecule has 3 nitrogen and oxygen atoms in total. The number of ether oxygens (including phenoxy) is 2. The van der Waals surface area contributed by atoms with E-state index in [4.69, 9.17) is 21.1 Å². The van der Waals surface area contributed by atoms with Gasteiger partial charge in [-0.3, -0.25) is 4.79 Å². The first-order valence-electron chi connectivity index (χ1n) is 7.03. The molecule has 0 N–H and O–H groups in total. The molecule has 0 amide bonds. The van der Waals surface area contributed by atoms with Crippen LogP contribution in [0.4, 0.5) is 4.39 Å². The molecule has 2 aromatic carbocycles. The lowest BCUT2D eigenvalue weighted by atomic mass is 10.2. The second-order valence-electron chi connectivity index (χ2n) is 4.94. The second-order valence-corrected chi connectivity index (χ2v) is 6.59. The molecule has 0 saturated carbocycles. The molecule has 0 fully saturated rings. The SMILES string of the molecule is CC(=O)c1cc(Cl)sc1Oc1cccc(Oc2ccc(F)cc2)c1.